The standard InChI is InChI=1S/C14H20ClNO/c1-9-6-10(2)16(8-9)14-5-4-12(11(3)17)7-13(14)15/h4-5,7,9-11,17H,6,8H2,1-3H3/t9?,10?,11-/m1/s1. The van der Waals surface area contributed by atoms with Crippen LogP contribution in [0.3, 0.4) is 0 Å². The molecule has 1 aliphatic rings. The molecule has 2 rings (SSSR count). The second kappa shape index (κ2) is 4.87. The van der Waals surface area contributed by atoms with Crippen molar-refractivity contribution >= 4 is 17.3 Å². The van der Waals surface area contributed by atoms with Gasteiger partial charge in [0.1, 0.15) is 0 Å². The van der Waals surface area contributed by atoms with Crippen LogP contribution in [0.1, 0.15) is 38.9 Å². The minimum Gasteiger partial charge on any atom is -0.389 e. The molecule has 1 aliphatic heterocycles. The fourth-order valence-corrected chi connectivity index (χ4v) is 2.95. The smallest absolute Gasteiger partial charge is 0.0762 e. The van der Waals surface area contributed by atoms with Crippen molar-refractivity contribution in [3.8, 4) is 0 Å². The van der Waals surface area contributed by atoms with Crippen molar-refractivity contribution in [2.24, 2.45) is 5.92 Å². The van der Waals surface area contributed by atoms with E-state index in [1.165, 1.54) is 6.42 Å². The number of halogens is 1. The van der Waals surface area contributed by atoms with Crippen molar-refractivity contribution < 1.29 is 5.11 Å². The minimum absolute atomic E-state index is 0.462. The van der Waals surface area contributed by atoms with Gasteiger partial charge in [0.15, 0.2) is 0 Å². The fraction of sp³-hybridized carbons (Fsp3) is 0.571. The van der Waals surface area contributed by atoms with E-state index >= 15 is 0 Å². The predicted octanol–water partition coefficient (Wildman–Crippen LogP) is 3.63. The van der Waals surface area contributed by atoms with Gasteiger partial charge in [-0.1, -0.05) is 24.6 Å². The summed E-state index contributed by atoms with van der Waals surface area (Å²) in [5.74, 6) is 0.720. The molecule has 0 amide bonds. The third-order valence-electron chi connectivity index (χ3n) is 3.55. The molecule has 1 fully saturated rings. The molecule has 0 bridgehead atoms. The zero-order valence-electron chi connectivity index (χ0n) is 10.7. The molecule has 0 aromatic heterocycles. The quantitative estimate of drug-likeness (QED) is 0.870. The summed E-state index contributed by atoms with van der Waals surface area (Å²) in [5, 5.41) is 10.3. The van der Waals surface area contributed by atoms with Crippen LogP contribution in [0.4, 0.5) is 5.69 Å². The zero-order valence-corrected chi connectivity index (χ0v) is 11.4. The number of rotatable bonds is 2. The molecule has 1 N–H and O–H groups in total. The molecule has 1 aromatic rings. The molecule has 3 heteroatoms. The van der Waals surface area contributed by atoms with Gasteiger partial charge in [-0.25, -0.2) is 0 Å². The average Bonchev–Trinajstić information content (AvgIpc) is 2.57. The third kappa shape index (κ3) is 2.58. The Kier molecular flexibility index (Phi) is 3.64. The van der Waals surface area contributed by atoms with Crippen molar-refractivity contribution in [1.82, 2.24) is 0 Å². The van der Waals surface area contributed by atoms with Gasteiger partial charge in [-0.2, -0.15) is 0 Å². The lowest BCUT2D eigenvalue weighted by atomic mass is 10.1. The molecule has 2 nitrogen and oxygen atoms in total. The monoisotopic (exact) mass is 253 g/mol. The molecule has 1 heterocycles. The van der Waals surface area contributed by atoms with E-state index < -0.39 is 6.10 Å². The fourth-order valence-electron chi connectivity index (χ4n) is 2.65. The van der Waals surface area contributed by atoms with Crippen LogP contribution < -0.4 is 4.90 Å². The van der Waals surface area contributed by atoms with E-state index in [-0.39, 0.29) is 0 Å². The highest BCUT2D eigenvalue weighted by Gasteiger charge is 2.27. The summed E-state index contributed by atoms with van der Waals surface area (Å²) >= 11 is 6.31. The van der Waals surface area contributed by atoms with Crippen LogP contribution in [0.25, 0.3) is 0 Å². The van der Waals surface area contributed by atoms with Gasteiger partial charge in [0.25, 0.3) is 0 Å². The molecular weight excluding hydrogens is 234 g/mol. The van der Waals surface area contributed by atoms with Crippen molar-refractivity contribution in [3.05, 3.63) is 28.8 Å². The number of hydrogen-bond donors (Lipinski definition) is 1. The average molecular weight is 254 g/mol. The highest BCUT2D eigenvalue weighted by molar-refractivity contribution is 6.33. The Morgan fingerprint density at radius 2 is 2.12 bits per heavy atom. The first kappa shape index (κ1) is 12.7. The molecule has 94 valence electrons. The maximum Gasteiger partial charge on any atom is 0.0762 e. The third-order valence-corrected chi connectivity index (χ3v) is 3.85. The lowest BCUT2D eigenvalue weighted by Crippen LogP contribution is -2.26. The Hall–Kier alpha value is -0.730. The van der Waals surface area contributed by atoms with Gasteiger partial charge in [0.05, 0.1) is 16.8 Å². The predicted molar refractivity (Wildman–Crippen MR) is 72.7 cm³/mol. The van der Waals surface area contributed by atoms with Gasteiger partial charge < -0.3 is 10.0 Å². The molecule has 0 spiro atoms. The van der Waals surface area contributed by atoms with Crippen LogP contribution in [-0.4, -0.2) is 17.7 Å². The Balaban J connectivity index is 2.28. The van der Waals surface area contributed by atoms with Crippen molar-refractivity contribution in [1.29, 1.82) is 0 Å². The van der Waals surface area contributed by atoms with E-state index in [1.807, 2.05) is 18.2 Å². The largest absolute Gasteiger partial charge is 0.389 e. The summed E-state index contributed by atoms with van der Waals surface area (Å²) in [4.78, 5) is 2.36. The summed E-state index contributed by atoms with van der Waals surface area (Å²) in [6, 6.07) is 6.40. The highest BCUT2D eigenvalue weighted by atomic mass is 35.5. The summed E-state index contributed by atoms with van der Waals surface area (Å²) in [6.07, 6.45) is 0.755. The van der Waals surface area contributed by atoms with E-state index in [1.54, 1.807) is 6.92 Å². The lowest BCUT2D eigenvalue weighted by molar-refractivity contribution is 0.199. The van der Waals surface area contributed by atoms with E-state index in [4.69, 9.17) is 11.6 Å². The molecule has 1 saturated heterocycles. The normalized spacial score (nSPS) is 26.3. The number of aliphatic hydroxyl groups is 1. The van der Waals surface area contributed by atoms with E-state index in [0.29, 0.717) is 6.04 Å². The van der Waals surface area contributed by atoms with Crippen LogP contribution >= 0.6 is 11.6 Å². The lowest BCUT2D eigenvalue weighted by Gasteiger charge is -2.25. The summed E-state index contributed by atoms with van der Waals surface area (Å²) < 4.78 is 0. The first-order valence-electron chi connectivity index (χ1n) is 6.23. The zero-order chi connectivity index (χ0) is 12.6. The first-order valence-corrected chi connectivity index (χ1v) is 6.61. The van der Waals surface area contributed by atoms with Crippen molar-refractivity contribution in [2.75, 3.05) is 11.4 Å². The molecule has 0 aliphatic carbocycles. The van der Waals surface area contributed by atoms with Gasteiger partial charge in [-0.15, -0.1) is 0 Å². The van der Waals surface area contributed by atoms with Gasteiger partial charge in [-0.05, 0) is 43.9 Å². The molecule has 2 unspecified atom stereocenters. The molecule has 3 atom stereocenters. The van der Waals surface area contributed by atoms with E-state index in [2.05, 4.69) is 18.7 Å². The Morgan fingerprint density at radius 1 is 1.41 bits per heavy atom. The minimum atomic E-state index is -0.462. The number of benzene rings is 1. The van der Waals surface area contributed by atoms with Crippen LogP contribution in [0.5, 0.6) is 0 Å². The number of aliphatic hydroxyl groups excluding tert-OH is 1. The van der Waals surface area contributed by atoms with Crippen LogP contribution in [0.15, 0.2) is 18.2 Å². The maximum absolute atomic E-state index is 9.53. The Bertz CT molecular complexity index is 405. The Morgan fingerprint density at radius 3 is 2.59 bits per heavy atom. The van der Waals surface area contributed by atoms with Crippen LogP contribution in [0, 0.1) is 5.92 Å². The van der Waals surface area contributed by atoms with Crippen LogP contribution in [0.2, 0.25) is 5.02 Å². The summed E-state index contributed by atoms with van der Waals surface area (Å²) in [5.41, 5.74) is 1.96. The SMILES string of the molecule is CC1CC(C)N(c2ccc([C@@H](C)O)cc2Cl)C1. The second-order valence-electron chi connectivity index (χ2n) is 5.23. The van der Waals surface area contributed by atoms with Gasteiger partial charge in [-0.3, -0.25) is 0 Å². The summed E-state index contributed by atoms with van der Waals surface area (Å²) in [6.45, 7) is 7.33. The van der Waals surface area contributed by atoms with E-state index in [0.717, 1.165) is 28.7 Å². The first-order chi connectivity index (χ1) is 7.99. The van der Waals surface area contributed by atoms with Crippen LogP contribution in [-0.2, 0) is 0 Å². The number of nitrogens with zero attached hydrogens (tertiary/aromatic N) is 1. The maximum atomic E-state index is 9.53. The van der Waals surface area contributed by atoms with Crippen molar-refractivity contribution in [3.63, 3.8) is 0 Å². The van der Waals surface area contributed by atoms with Gasteiger partial charge in [0.2, 0.25) is 0 Å². The Labute approximate surface area is 108 Å². The molecule has 1 aromatic carbocycles. The topological polar surface area (TPSA) is 23.5 Å². The molecule has 0 saturated carbocycles. The highest BCUT2D eigenvalue weighted by Crippen LogP contribution is 2.35. The second-order valence-corrected chi connectivity index (χ2v) is 5.64. The molecule has 17 heavy (non-hydrogen) atoms. The number of anilines is 1. The van der Waals surface area contributed by atoms with Gasteiger partial charge in [0, 0.05) is 12.6 Å². The molecular formula is C14H20ClNO. The summed E-state index contributed by atoms with van der Waals surface area (Å²) in [7, 11) is 0. The van der Waals surface area contributed by atoms with E-state index in [9.17, 15) is 5.11 Å². The molecule has 0 radical (unpaired) electrons. The van der Waals surface area contributed by atoms with Gasteiger partial charge >= 0.3 is 0 Å². The van der Waals surface area contributed by atoms with Crippen molar-refractivity contribution in [2.45, 2.75) is 39.3 Å². The number of hydrogen-bond acceptors (Lipinski definition) is 2.